The lowest BCUT2D eigenvalue weighted by Crippen LogP contribution is -2.29. The van der Waals surface area contributed by atoms with Crippen LogP contribution < -0.4 is 4.90 Å². The Balaban J connectivity index is 1.93. The predicted molar refractivity (Wildman–Crippen MR) is 109 cm³/mol. The van der Waals surface area contributed by atoms with Gasteiger partial charge in [-0.05, 0) is 31.5 Å². The molecule has 0 radical (unpaired) electrons. The van der Waals surface area contributed by atoms with Gasteiger partial charge >= 0.3 is 5.91 Å². The Labute approximate surface area is 172 Å². The van der Waals surface area contributed by atoms with Gasteiger partial charge in [-0.3, -0.25) is 14.5 Å². The summed E-state index contributed by atoms with van der Waals surface area (Å²) in [5.41, 5.74) is 2.06. The summed E-state index contributed by atoms with van der Waals surface area (Å²) in [6.07, 6.45) is 0. The second-order valence-electron chi connectivity index (χ2n) is 6.88. The number of rotatable bonds is 3. The number of aliphatic hydroxyl groups excluding tert-OH is 1. The lowest BCUT2D eigenvalue weighted by molar-refractivity contribution is -0.132. The molecule has 1 saturated heterocycles. The molecule has 1 amide bonds. The van der Waals surface area contributed by atoms with Gasteiger partial charge in [0.1, 0.15) is 11.5 Å². The number of benzene rings is 2. The van der Waals surface area contributed by atoms with Crippen molar-refractivity contribution in [2.24, 2.45) is 0 Å². The van der Waals surface area contributed by atoms with Crippen molar-refractivity contribution in [2.75, 3.05) is 4.90 Å². The van der Waals surface area contributed by atoms with E-state index in [4.69, 9.17) is 16.1 Å². The summed E-state index contributed by atoms with van der Waals surface area (Å²) in [7, 11) is 0. The molecule has 7 heteroatoms. The third kappa shape index (κ3) is 3.32. The number of anilines is 1. The average molecular weight is 409 g/mol. The van der Waals surface area contributed by atoms with E-state index in [-0.39, 0.29) is 17.2 Å². The van der Waals surface area contributed by atoms with Gasteiger partial charge in [0.2, 0.25) is 0 Å². The molecule has 4 rings (SSSR count). The molecule has 1 fully saturated rings. The summed E-state index contributed by atoms with van der Waals surface area (Å²) in [4.78, 5) is 27.1. The molecule has 146 valence electrons. The van der Waals surface area contributed by atoms with E-state index in [0.717, 1.165) is 5.56 Å². The molecule has 0 aliphatic carbocycles. The molecular formula is C22H17ClN2O4. The van der Waals surface area contributed by atoms with Gasteiger partial charge in [0.15, 0.2) is 5.82 Å². The Bertz CT molecular complexity index is 1130. The molecule has 0 spiro atoms. The molecule has 2 heterocycles. The van der Waals surface area contributed by atoms with E-state index in [1.54, 1.807) is 49.4 Å². The molecule has 3 aromatic rings. The zero-order chi connectivity index (χ0) is 20.7. The van der Waals surface area contributed by atoms with Gasteiger partial charge in [0, 0.05) is 16.7 Å². The lowest BCUT2D eigenvalue weighted by Gasteiger charge is -2.22. The van der Waals surface area contributed by atoms with Gasteiger partial charge in [-0.2, -0.15) is 0 Å². The summed E-state index contributed by atoms with van der Waals surface area (Å²) >= 11 is 6.01. The summed E-state index contributed by atoms with van der Waals surface area (Å²) in [6.45, 7) is 3.61. The van der Waals surface area contributed by atoms with Crippen molar-refractivity contribution < 1.29 is 19.2 Å². The highest BCUT2D eigenvalue weighted by Gasteiger charge is 2.48. The van der Waals surface area contributed by atoms with Gasteiger partial charge in [-0.1, -0.05) is 58.7 Å². The number of carbonyl (C=O) groups excluding carboxylic acids is 2. The van der Waals surface area contributed by atoms with Crippen LogP contribution in [0.3, 0.4) is 0 Å². The standard InChI is InChI=1S/C22H17ClN2O4/c1-12-3-5-15(6-4-12)20(26)18-19(14-7-9-16(23)10-8-14)25(22(28)21(18)27)17-11-13(2)29-24-17/h3-11,19,26H,1-2H3/b20-18+. The first kappa shape index (κ1) is 19.0. The third-order valence-corrected chi connectivity index (χ3v) is 5.07. The largest absolute Gasteiger partial charge is 0.507 e. The number of amides is 1. The number of ketones is 1. The minimum atomic E-state index is -0.863. The molecule has 1 aliphatic rings. The molecule has 1 unspecified atom stereocenters. The minimum Gasteiger partial charge on any atom is -0.507 e. The highest BCUT2D eigenvalue weighted by atomic mass is 35.5. The molecule has 1 aromatic heterocycles. The van der Waals surface area contributed by atoms with E-state index in [1.165, 1.54) is 4.90 Å². The monoisotopic (exact) mass is 408 g/mol. The summed E-state index contributed by atoms with van der Waals surface area (Å²) in [6, 6.07) is 14.5. The second-order valence-corrected chi connectivity index (χ2v) is 7.32. The van der Waals surface area contributed by atoms with E-state index < -0.39 is 17.7 Å². The van der Waals surface area contributed by atoms with E-state index in [9.17, 15) is 14.7 Å². The molecule has 0 bridgehead atoms. The Morgan fingerprint density at radius 3 is 2.31 bits per heavy atom. The number of halogens is 1. The molecule has 29 heavy (non-hydrogen) atoms. The average Bonchev–Trinajstić information content (AvgIpc) is 3.24. The highest BCUT2D eigenvalue weighted by Crippen LogP contribution is 2.42. The van der Waals surface area contributed by atoms with Gasteiger partial charge < -0.3 is 9.63 Å². The van der Waals surface area contributed by atoms with Crippen LogP contribution in [0.2, 0.25) is 5.02 Å². The highest BCUT2D eigenvalue weighted by molar-refractivity contribution is 6.51. The minimum absolute atomic E-state index is 0.0122. The first-order valence-electron chi connectivity index (χ1n) is 8.93. The SMILES string of the molecule is Cc1ccc(/C(O)=C2\C(=O)C(=O)N(c3cc(C)on3)C2c2ccc(Cl)cc2)cc1. The van der Waals surface area contributed by atoms with Crippen LogP contribution >= 0.6 is 11.6 Å². The van der Waals surface area contributed by atoms with Crippen LogP contribution in [0, 0.1) is 13.8 Å². The quantitative estimate of drug-likeness (QED) is 0.390. The van der Waals surface area contributed by atoms with E-state index in [0.29, 0.717) is 21.9 Å². The number of hydrogen-bond acceptors (Lipinski definition) is 5. The van der Waals surface area contributed by atoms with Crippen molar-refractivity contribution in [1.82, 2.24) is 5.16 Å². The zero-order valence-corrected chi connectivity index (χ0v) is 16.5. The van der Waals surface area contributed by atoms with Gasteiger partial charge in [-0.25, -0.2) is 0 Å². The lowest BCUT2D eigenvalue weighted by atomic mass is 9.95. The van der Waals surface area contributed by atoms with Crippen LogP contribution in [0.15, 0.2) is 64.7 Å². The maximum atomic E-state index is 12.9. The van der Waals surface area contributed by atoms with Gasteiger partial charge in [0.05, 0.1) is 11.6 Å². The van der Waals surface area contributed by atoms with Crippen LogP contribution in [0.5, 0.6) is 0 Å². The number of hydrogen-bond donors (Lipinski definition) is 1. The molecule has 1 aliphatic heterocycles. The molecule has 0 saturated carbocycles. The van der Waals surface area contributed by atoms with Crippen LogP contribution in [-0.4, -0.2) is 22.0 Å². The first-order valence-corrected chi connectivity index (χ1v) is 9.31. The maximum absolute atomic E-state index is 12.9. The van der Waals surface area contributed by atoms with Crippen LogP contribution in [0.4, 0.5) is 5.82 Å². The molecule has 1 atom stereocenters. The first-order chi connectivity index (χ1) is 13.9. The van der Waals surface area contributed by atoms with Crippen molar-refractivity contribution in [1.29, 1.82) is 0 Å². The number of aromatic nitrogens is 1. The molecule has 6 nitrogen and oxygen atoms in total. The van der Waals surface area contributed by atoms with E-state index in [2.05, 4.69) is 5.16 Å². The molecular weight excluding hydrogens is 392 g/mol. The van der Waals surface area contributed by atoms with Crippen molar-refractivity contribution in [2.45, 2.75) is 19.9 Å². The van der Waals surface area contributed by atoms with Crippen LogP contribution in [-0.2, 0) is 9.59 Å². The Kier molecular flexibility index (Phi) is 4.72. The summed E-state index contributed by atoms with van der Waals surface area (Å²) in [5, 5.41) is 15.4. The normalized spacial score (nSPS) is 18.4. The third-order valence-electron chi connectivity index (χ3n) is 4.82. The topological polar surface area (TPSA) is 83.6 Å². The smallest absolute Gasteiger partial charge is 0.301 e. The zero-order valence-electron chi connectivity index (χ0n) is 15.7. The van der Waals surface area contributed by atoms with Crippen molar-refractivity contribution in [3.63, 3.8) is 0 Å². The van der Waals surface area contributed by atoms with Crippen molar-refractivity contribution in [3.05, 3.63) is 87.6 Å². The van der Waals surface area contributed by atoms with Crippen molar-refractivity contribution >= 4 is 34.9 Å². The van der Waals surface area contributed by atoms with Crippen LogP contribution in [0.25, 0.3) is 5.76 Å². The number of Topliss-reactive ketones (excluding diaryl/α,β-unsaturated/α-hetero) is 1. The number of aryl methyl sites for hydroxylation is 2. The fourth-order valence-electron chi connectivity index (χ4n) is 3.36. The maximum Gasteiger partial charge on any atom is 0.301 e. The fraction of sp³-hybridized carbons (Fsp3) is 0.136. The van der Waals surface area contributed by atoms with E-state index >= 15 is 0 Å². The van der Waals surface area contributed by atoms with Gasteiger partial charge in [-0.15, -0.1) is 0 Å². The number of carbonyl (C=O) groups is 2. The second kappa shape index (κ2) is 7.22. The Morgan fingerprint density at radius 2 is 1.72 bits per heavy atom. The Hall–Kier alpha value is -3.38. The summed E-state index contributed by atoms with van der Waals surface area (Å²) < 4.78 is 5.10. The molecule has 1 N–H and O–H groups in total. The fourth-order valence-corrected chi connectivity index (χ4v) is 3.49. The van der Waals surface area contributed by atoms with E-state index in [1.807, 2.05) is 19.1 Å². The van der Waals surface area contributed by atoms with Crippen molar-refractivity contribution in [3.8, 4) is 0 Å². The number of aliphatic hydroxyl groups is 1. The Morgan fingerprint density at radius 1 is 1.07 bits per heavy atom. The van der Waals surface area contributed by atoms with Gasteiger partial charge in [0.25, 0.3) is 5.78 Å². The number of nitrogens with zero attached hydrogens (tertiary/aromatic N) is 2. The summed E-state index contributed by atoms with van der Waals surface area (Å²) in [5.74, 6) is -1.12. The van der Waals surface area contributed by atoms with Crippen LogP contribution in [0.1, 0.15) is 28.5 Å². The molecule has 2 aromatic carbocycles. The predicted octanol–water partition coefficient (Wildman–Crippen LogP) is 4.57.